The van der Waals surface area contributed by atoms with Gasteiger partial charge in [0.2, 0.25) is 5.91 Å². The standard InChI is InChI=1S/C5H8F2N2O.ClH/c6-5(7)1-2-9-3(5)4(8)10;/h3,9H,1-2H2,(H2,8,10);1H/t3-;/m0./s1. The van der Waals surface area contributed by atoms with Gasteiger partial charge in [-0.15, -0.1) is 12.4 Å². The number of carbonyl (C=O) groups excluding carboxylic acids is 1. The van der Waals surface area contributed by atoms with Crippen LogP contribution in [0.5, 0.6) is 0 Å². The van der Waals surface area contributed by atoms with E-state index in [0.29, 0.717) is 0 Å². The van der Waals surface area contributed by atoms with E-state index >= 15 is 0 Å². The second kappa shape index (κ2) is 3.32. The van der Waals surface area contributed by atoms with Crippen LogP contribution >= 0.6 is 12.4 Å². The molecule has 0 aromatic heterocycles. The molecule has 1 amide bonds. The largest absolute Gasteiger partial charge is 0.368 e. The molecule has 1 aliphatic rings. The van der Waals surface area contributed by atoms with Crippen LogP contribution in [0.4, 0.5) is 8.78 Å². The summed E-state index contributed by atoms with van der Waals surface area (Å²) in [6, 6.07) is -1.47. The Morgan fingerprint density at radius 2 is 2.18 bits per heavy atom. The molecule has 0 bridgehead atoms. The van der Waals surface area contributed by atoms with Gasteiger partial charge in [0.25, 0.3) is 5.92 Å². The van der Waals surface area contributed by atoms with E-state index in [4.69, 9.17) is 5.73 Å². The highest BCUT2D eigenvalue weighted by Gasteiger charge is 2.47. The van der Waals surface area contributed by atoms with E-state index in [-0.39, 0.29) is 25.4 Å². The van der Waals surface area contributed by atoms with Crippen LogP contribution in [-0.2, 0) is 4.79 Å². The molecule has 0 spiro atoms. The highest BCUT2D eigenvalue weighted by Crippen LogP contribution is 2.26. The Morgan fingerprint density at radius 1 is 1.64 bits per heavy atom. The van der Waals surface area contributed by atoms with Crippen molar-refractivity contribution in [2.45, 2.75) is 18.4 Å². The average molecular weight is 187 g/mol. The molecule has 0 aliphatic carbocycles. The number of nitrogens with one attached hydrogen (secondary N) is 1. The number of amides is 1. The zero-order chi connectivity index (χ0) is 7.78. The van der Waals surface area contributed by atoms with Gasteiger partial charge >= 0.3 is 0 Å². The average Bonchev–Trinajstić information content (AvgIpc) is 2.08. The van der Waals surface area contributed by atoms with Crippen LogP contribution in [-0.4, -0.2) is 24.4 Å². The van der Waals surface area contributed by atoms with Gasteiger partial charge in [0.1, 0.15) is 0 Å². The molecule has 3 nitrogen and oxygen atoms in total. The summed E-state index contributed by atoms with van der Waals surface area (Å²) in [5, 5.41) is 2.32. The summed E-state index contributed by atoms with van der Waals surface area (Å²) in [5.74, 6) is -3.94. The summed E-state index contributed by atoms with van der Waals surface area (Å²) in [4.78, 5) is 10.3. The zero-order valence-electron chi connectivity index (χ0n) is 5.64. The molecule has 1 atom stereocenters. The molecule has 0 unspecified atom stereocenters. The first-order valence-electron chi connectivity index (χ1n) is 2.94. The lowest BCUT2D eigenvalue weighted by Crippen LogP contribution is -2.46. The molecule has 0 radical (unpaired) electrons. The molecule has 1 heterocycles. The van der Waals surface area contributed by atoms with E-state index in [1.165, 1.54) is 0 Å². The quantitative estimate of drug-likeness (QED) is 0.601. The maximum Gasteiger partial charge on any atom is 0.273 e. The Bertz CT molecular complexity index is 165. The van der Waals surface area contributed by atoms with E-state index in [2.05, 4.69) is 5.32 Å². The molecular formula is C5H9ClF2N2O. The summed E-state index contributed by atoms with van der Waals surface area (Å²) in [6.07, 6.45) is -0.305. The van der Waals surface area contributed by atoms with Gasteiger partial charge in [0.05, 0.1) is 0 Å². The lowest BCUT2D eigenvalue weighted by molar-refractivity contribution is -0.127. The van der Waals surface area contributed by atoms with Crippen molar-refractivity contribution in [1.82, 2.24) is 5.32 Å². The van der Waals surface area contributed by atoms with Gasteiger partial charge in [-0.05, 0) is 0 Å². The van der Waals surface area contributed by atoms with Crippen LogP contribution in [0, 0.1) is 0 Å². The fraction of sp³-hybridized carbons (Fsp3) is 0.800. The van der Waals surface area contributed by atoms with Crippen molar-refractivity contribution in [1.29, 1.82) is 0 Å². The number of carbonyl (C=O) groups is 1. The van der Waals surface area contributed by atoms with E-state index in [1.54, 1.807) is 0 Å². The van der Waals surface area contributed by atoms with Crippen LogP contribution in [0.1, 0.15) is 6.42 Å². The third kappa shape index (κ3) is 2.00. The Morgan fingerprint density at radius 3 is 2.36 bits per heavy atom. The lowest BCUT2D eigenvalue weighted by atomic mass is 10.1. The Labute approximate surface area is 68.7 Å². The molecule has 3 N–H and O–H groups in total. The molecule has 0 aromatic rings. The first-order chi connectivity index (χ1) is 4.54. The molecule has 1 rings (SSSR count). The van der Waals surface area contributed by atoms with Gasteiger partial charge in [-0.3, -0.25) is 4.79 Å². The highest BCUT2D eigenvalue weighted by atomic mass is 35.5. The van der Waals surface area contributed by atoms with Crippen molar-refractivity contribution in [2.75, 3.05) is 6.54 Å². The van der Waals surface area contributed by atoms with Crippen molar-refractivity contribution in [3.05, 3.63) is 0 Å². The first kappa shape index (κ1) is 10.6. The SMILES string of the molecule is Cl.NC(=O)[C@@H]1NCCC1(F)F. The fourth-order valence-electron chi connectivity index (χ4n) is 0.986. The smallest absolute Gasteiger partial charge is 0.273 e. The van der Waals surface area contributed by atoms with Crippen LogP contribution < -0.4 is 11.1 Å². The number of nitrogens with two attached hydrogens (primary N) is 1. The number of halogens is 3. The zero-order valence-corrected chi connectivity index (χ0v) is 6.46. The van der Waals surface area contributed by atoms with E-state index in [1.807, 2.05) is 0 Å². The molecule has 1 fully saturated rings. The van der Waals surface area contributed by atoms with Gasteiger partial charge in [-0.2, -0.15) is 0 Å². The number of primary amides is 1. The lowest BCUT2D eigenvalue weighted by Gasteiger charge is -2.14. The van der Waals surface area contributed by atoms with E-state index < -0.39 is 17.9 Å². The molecule has 1 aliphatic heterocycles. The third-order valence-corrected chi connectivity index (χ3v) is 1.51. The van der Waals surface area contributed by atoms with Gasteiger partial charge < -0.3 is 11.1 Å². The van der Waals surface area contributed by atoms with Crippen LogP contribution in [0.25, 0.3) is 0 Å². The molecule has 0 aromatic carbocycles. The minimum absolute atomic E-state index is 0. The van der Waals surface area contributed by atoms with E-state index in [9.17, 15) is 13.6 Å². The van der Waals surface area contributed by atoms with E-state index in [0.717, 1.165) is 0 Å². The van der Waals surface area contributed by atoms with Crippen molar-refractivity contribution in [2.24, 2.45) is 5.73 Å². The number of hydrogen-bond acceptors (Lipinski definition) is 2. The minimum atomic E-state index is -2.95. The topological polar surface area (TPSA) is 55.1 Å². The monoisotopic (exact) mass is 186 g/mol. The summed E-state index contributed by atoms with van der Waals surface area (Å²) in [6.45, 7) is 0.153. The molecule has 6 heteroatoms. The van der Waals surface area contributed by atoms with Gasteiger partial charge in [-0.1, -0.05) is 0 Å². The normalized spacial score (nSPS) is 27.6. The van der Waals surface area contributed by atoms with Gasteiger partial charge in [0.15, 0.2) is 6.04 Å². The first-order valence-corrected chi connectivity index (χ1v) is 2.94. The molecule has 11 heavy (non-hydrogen) atoms. The maximum atomic E-state index is 12.5. The second-order valence-corrected chi connectivity index (χ2v) is 2.30. The van der Waals surface area contributed by atoms with Crippen LogP contribution in [0.3, 0.4) is 0 Å². The van der Waals surface area contributed by atoms with Crippen molar-refractivity contribution in [3.63, 3.8) is 0 Å². The third-order valence-electron chi connectivity index (χ3n) is 1.51. The van der Waals surface area contributed by atoms with Crippen molar-refractivity contribution in [3.8, 4) is 0 Å². The summed E-state index contributed by atoms with van der Waals surface area (Å²) < 4.78 is 25.0. The summed E-state index contributed by atoms with van der Waals surface area (Å²) in [5.41, 5.74) is 4.69. The minimum Gasteiger partial charge on any atom is -0.368 e. The van der Waals surface area contributed by atoms with Crippen LogP contribution in [0.2, 0.25) is 0 Å². The number of hydrogen-bond donors (Lipinski definition) is 2. The maximum absolute atomic E-state index is 12.5. The predicted molar refractivity (Wildman–Crippen MR) is 37.8 cm³/mol. The van der Waals surface area contributed by atoms with Crippen molar-refractivity contribution < 1.29 is 13.6 Å². The Hall–Kier alpha value is -0.420. The summed E-state index contributed by atoms with van der Waals surface area (Å²) >= 11 is 0. The molecule has 1 saturated heterocycles. The summed E-state index contributed by atoms with van der Waals surface area (Å²) in [7, 11) is 0. The van der Waals surface area contributed by atoms with Crippen molar-refractivity contribution >= 4 is 18.3 Å². The number of rotatable bonds is 1. The predicted octanol–water partition coefficient (Wildman–Crippen LogP) is -0.109. The highest BCUT2D eigenvalue weighted by molar-refractivity contribution is 5.85. The fourth-order valence-corrected chi connectivity index (χ4v) is 0.986. The second-order valence-electron chi connectivity index (χ2n) is 2.30. The Kier molecular flexibility index (Phi) is 3.19. The molecule has 66 valence electrons. The van der Waals surface area contributed by atoms with Gasteiger partial charge in [-0.25, -0.2) is 8.78 Å². The Balaban J connectivity index is 0.000001000. The molecule has 0 saturated carbocycles. The van der Waals surface area contributed by atoms with Gasteiger partial charge in [0, 0.05) is 13.0 Å². The molecular weight excluding hydrogens is 178 g/mol. The van der Waals surface area contributed by atoms with Crippen LogP contribution in [0.15, 0.2) is 0 Å². The number of alkyl halides is 2.